The molecule has 0 spiro atoms. The third kappa shape index (κ3) is 4.19. The Labute approximate surface area is 274 Å². The zero-order valence-corrected chi connectivity index (χ0v) is 27.4. The van der Waals surface area contributed by atoms with Gasteiger partial charge in [0.2, 0.25) is 17.5 Å². The third-order valence-electron chi connectivity index (χ3n) is 11.1. The van der Waals surface area contributed by atoms with E-state index in [2.05, 4.69) is 32.2 Å². The number of rotatable bonds is 5. The second-order valence-electron chi connectivity index (χ2n) is 13.7. The van der Waals surface area contributed by atoms with Gasteiger partial charge >= 0.3 is 0 Å². The monoisotopic (exact) mass is 693 g/mol. The molecular formula is C34H37BrFN5O5. The fourth-order valence-electron chi connectivity index (χ4n) is 8.97. The molecule has 3 amide bonds. The molecule has 5 heterocycles. The van der Waals surface area contributed by atoms with Crippen LogP contribution in [-0.2, 0) is 38.8 Å². The van der Waals surface area contributed by atoms with E-state index >= 15 is 0 Å². The first-order valence-corrected chi connectivity index (χ1v) is 16.8. The van der Waals surface area contributed by atoms with Gasteiger partial charge in [-0.3, -0.25) is 24.0 Å². The number of aliphatic hydroxyl groups is 1. The minimum Gasteiger partial charge on any atom is -0.347 e. The van der Waals surface area contributed by atoms with Gasteiger partial charge in [-0.05, 0) is 78.3 Å². The Morgan fingerprint density at radius 2 is 1.96 bits per heavy atom. The van der Waals surface area contributed by atoms with E-state index in [0.717, 1.165) is 38.6 Å². The van der Waals surface area contributed by atoms with Gasteiger partial charge in [0, 0.05) is 36.9 Å². The van der Waals surface area contributed by atoms with Gasteiger partial charge < -0.3 is 24.8 Å². The van der Waals surface area contributed by atoms with Crippen molar-refractivity contribution >= 4 is 44.6 Å². The van der Waals surface area contributed by atoms with E-state index in [9.17, 15) is 23.9 Å². The second kappa shape index (κ2) is 10.6. The number of nitrogens with zero attached hydrogens (tertiary/aromatic N) is 4. The van der Waals surface area contributed by atoms with Gasteiger partial charge in [-0.1, -0.05) is 42.5 Å². The van der Waals surface area contributed by atoms with Gasteiger partial charge in [0.05, 0.1) is 16.0 Å². The maximum absolute atomic E-state index is 14.2. The molecule has 2 N–H and O–H groups in total. The highest BCUT2D eigenvalue weighted by molar-refractivity contribution is 9.10. The molecule has 0 saturated carbocycles. The van der Waals surface area contributed by atoms with Crippen LogP contribution in [0.5, 0.6) is 0 Å². The summed E-state index contributed by atoms with van der Waals surface area (Å²) in [7, 11) is 2.00. The van der Waals surface area contributed by atoms with Crippen molar-refractivity contribution in [3.8, 4) is 0 Å². The maximum atomic E-state index is 14.2. The smallest absolute Gasteiger partial charge is 0.280 e. The van der Waals surface area contributed by atoms with Gasteiger partial charge in [-0.25, -0.2) is 4.39 Å². The number of alkyl halides is 1. The molecule has 242 valence electrons. The number of likely N-dealkylation sites (tertiary alicyclic amines) is 1. The van der Waals surface area contributed by atoms with Crippen molar-refractivity contribution in [3.05, 3.63) is 69.8 Å². The lowest BCUT2D eigenvalue weighted by Crippen LogP contribution is -2.71. The number of piperazine rings is 1. The van der Waals surface area contributed by atoms with E-state index < -0.39 is 42.3 Å². The normalized spacial score (nSPS) is 33.7. The lowest BCUT2D eigenvalue weighted by molar-refractivity contribution is -0.315. The fourth-order valence-corrected chi connectivity index (χ4v) is 9.62. The molecule has 1 aliphatic carbocycles. The van der Waals surface area contributed by atoms with Gasteiger partial charge in [0.25, 0.3) is 11.8 Å². The lowest BCUT2D eigenvalue weighted by Gasteiger charge is -2.48. The molecule has 4 aliphatic heterocycles. The van der Waals surface area contributed by atoms with Crippen molar-refractivity contribution in [2.24, 2.45) is 5.92 Å². The molecule has 5 aliphatic rings. The van der Waals surface area contributed by atoms with Gasteiger partial charge in [0.15, 0.2) is 6.80 Å². The molecule has 0 radical (unpaired) electrons. The third-order valence-corrected chi connectivity index (χ3v) is 12.0. The van der Waals surface area contributed by atoms with Crippen molar-refractivity contribution in [3.63, 3.8) is 0 Å². The number of benzene rings is 2. The summed E-state index contributed by atoms with van der Waals surface area (Å²) in [4.78, 5) is 47.1. The number of piperidine rings is 1. The summed E-state index contributed by atoms with van der Waals surface area (Å²) in [5.41, 5.74) is 2.00. The molecule has 4 fully saturated rings. The van der Waals surface area contributed by atoms with Crippen LogP contribution in [0.4, 0.5) is 4.39 Å². The van der Waals surface area contributed by atoms with E-state index in [1.165, 1.54) is 11.8 Å². The first-order chi connectivity index (χ1) is 22.1. The first kappa shape index (κ1) is 30.0. The number of hydrogen-bond donors (Lipinski definition) is 2. The Balaban J connectivity index is 1.08. The highest BCUT2D eigenvalue weighted by atomic mass is 79.9. The molecule has 0 bridgehead atoms. The molecule has 0 unspecified atom stereocenters. The zero-order chi connectivity index (χ0) is 32.1. The predicted octanol–water partition coefficient (Wildman–Crippen LogP) is 3.24. The SMILES string of the molecule is CN1C[C@H](C(=O)N[C@]2(C)O[C@@]3(O)[C@@H]4CCCN4C(=O)[C@H](Cc4ccccc4)N3C2=O)C[C@@H]2c3cccc4c3c(c(Br)n4CF)C[C@H]21. The molecular weight excluding hydrogens is 657 g/mol. The Morgan fingerprint density at radius 3 is 2.72 bits per heavy atom. The van der Waals surface area contributed by atoms with E-state index in [4.69, 9.17) is 4.74 Å². The topological polar surface area (TPSA) is 107 Å². The first-order valence-electron chi connectivity index (χ1n) is 16.0. The predicted molar refractivity (Wildman–Crippen MR) is 170 cm³/mol. The number of fused-ring (bicyclic) bond motifs is 5. The van der Waals surface area contributed by atoms with Crippen LogP contribution in [0.25, 0.3) is 10.9 Å². The Morgan fingerprint density at radius 1 is 1.17 bits per heavy atom. The van der Waals surface area contributed by atoms with Crippen molar-refractivity contribution in [2.45, 2.75) is 81.5 Å². The van der Waals surface area contributed by atoms with Crippen LogP contribution in [0.15, 0.2) is 53.1 Å². The van der Waals surface area contributed by atoms with Crippen LogP contribution < -0.4 is 5.32 Å². The highest BCUT2D eigenvalue weighted by Gasteiger charge is 2.70. The van der Waals surface area contributed by atoms with Gasteiger partial charge in [0.1, 0.15) is 12.1 Å². The van der Waals surface area contributed by atoms with Crippen LogP contribution >= 0.6 is 15.9 Å². The number of carbonyl (C=O) groups excluding carboxylic acids is 3. The molecule has 1 aromatic heterocycles. The summed E-state index contributed by atoms with van der Waals surface area (Å²) in [6.45, 7) is 1.78. The molecule has 12 heteroatoms. The lowest BCUT2D eigenvalue weighted by atomic mass is 9.72. The van der Waals surface area contributed by atoms with Crippen LogP contribution in [-0.4, -0.2) is 92.0 Å². The van der Waals surface area contributed by atoms with Crippen LogP contribution in [0.2, 0.25) is 0 Å². The summed E-state index contributed by atoms with van der Waals surface area (Å²) < 4.78 is 22.7. The zero-order valence-electron chi connectivity index (χ0n) is 25.8. The van der Waals surface area contributed by atoms with Gasteiger partial charge in [-0.2, -0.15) is 0 Å². The summed E-state index contributed by atoms with van der Waals surface area (Å²) >= 11 is 3.63. The summed E-state index contributed by atoms with van der Waals surface area (Å²) in [6, 6.07) is 13.8. The number of ether oxygens (including phenoxy) is 1. The van der Waals surface area contributed by atoms with E-state index in [0.29, 0.717) is 32.4 Å². The van der Waals surface area contributed by atoms with Crippen molar-refractivity contribution in [1.82, 2.24) is 24.6 Å². The highest BCUT2D eigenvalue weighted by Crippen LogP contribution is 2.49. The minimum absolute atomic E-state index is 0.0245. The molecule has 7 atom stereocenters. The summed E-state index contributed by atoms with van der Waals surface area (Å²) in [5.74, 6) is -3.71. The number of nitrogens with one attached hydrogen (secondary N) is 1. The molecule has 8 rings (SSSR count). The van der Waals surface area contributed by atoms with Crippen molar-refractivity contribution < 1.29 is 28.6 Å². The number of carbonyl (C=O) groups is 3. The molecule has 46 heavy (non-hydrogen) atoms. The standard InChI is InChI=1S/C34H37BrFN5O5/c1-33(32(44)41-26(14-19-8-4-3-5-9-19)31(43)39-13-7-12-27(39)34(41,45)46-33)37-30(42)20-15-22-21-10-6-11-24-28(21)23(29(35)40(24)18-36)16-25(22)38(2)17-20/h3-6,8-11,20,22,25-27,45H,7,12-18H2,1-2H3,(H,37,42)/t20-,22-,25-,26+,27+,33-,34+/m1/s1. The summed E-state index contributed by atoms with van der Waals surface area (Å²) in [5, 5.41) is 16.0. The van der Waals surface area contributed by atoms with E-state index in [1.807, 2.05) is 49.5 Å². The number of halogens is 2. The summed E-state index contributed by atoms with van der Waals surface area (Å²) in [6.07, 6.45) is 2.66. The minimum atomic E-state index is -2.07. The number of aromatic nitrogens is 1. The number of hydrogen-bond acceptors (Lipinski definition) is 6. The molecule has 10 nitrogen and oxygen atoms in total. The van der Waals surface area contributed by atoms with Gasteiger partial charge in [-0.15, -0.1) is 0 Å². The Bertz CT molecular complexity index is 1770. The Hall–Kier alpha value is -3.32. The fraction of sp³-hybridized carbons (Fsp3) is 0.500. The maximum Gasteiger partial charge on any atom is 0.280 e. The van der Waals surface area contributed by atoms with E-state index in [1.54, 1.807) is 9.47 Å². The van der Waals surface area contributed by atoms with Crippen molar-refractivity contribution in [2.75, 3.05) is 20.1 Å². The van der Waals surface area contributed by atoms with Crippen LogP contribution in [0.3, 0.4) is 0 Å². The average molecular weight is 695 g/mol. The van der Waals surface area contributed by atoms with E-state index in [-0.39, 0.29) is 30.2 Å². The number of amides is 3. The van der Waals surface area contributed by atoms with Crippen molar-refractivity contribution in [1.29, 1.82) is 0 Å². The molecule has 4 saturated heterocycles. The quantitative estimate of drug-likeness (QED) is 0.425. The Kier molecular flexibility index (Phi) is 6.92. The number of likely N-dealkylation sites (N-methyl/N-ethyl adjacent to an activating group) is 1. The van der Waals surface area contributed by atoms with Crippen LogP contribution in [0, 0.1) is 5.92 Å². The molecule has 2 aromatic carbocycles. The average Bonchev–Trinajstić information content (AvgIpc) is 3.70. The molecule has 3 aromatic rings. The second-order valence-corrected chi connectivity index (χ2v) is 14.4. The van der Waals surface area contributed by atoms with Crippen LogP contribution in [0.1, 0.15) is 48.8 Å². The largest absolute Gasteiger partial charge is 0.347 e.